The summed E-state index contributed by atoms with van der Waals surface area (Å²) in [5.41, 5.74) is 14.6. The minimum Gasteiger partial charge on any atom is -0.311 e. The second-order valence-corrected chi connectivity index (χ2v) is 31.9. The van der Waals surface area contributed by atoms with Gasteiger partial charge in [0.05, 0.1) is 5.41 Å². The van der Waals surface area contributed by atoms with Crippen molar-refractivity contribution in [1.29, 1.82) is 0 Å². The van der Waals surface area contributed by atoms with Crippen LogP contribution in [0.15, 0.2) is 419 Å². The van der Waals surface area contributed by atoms with Gasteiger partial charge in [-0.1, -0.05) is 382 Å². The van der Waals surface area contributed by atoms with E-state index in [0.29, 0.717) is 0 Å². The minimum absolute atomic E-state index is 0.522. The van der Waals surface area contributed by atoms with E-state index in [1.54, 1.807) is 0 Å². The predicted octanol–water partition coefficient (Wildman–Crippen LogP) is 17.3. The maximum absolute atomic E-state index is 2.68. The zero-order valence-corrected chi connectivity index (χ0v) is 54.3. The highest BCUT2D eigenvalue weighted by Crippen LogP contribution is 2.46. The van der Waals surface area contributed by atoms with Crippen LogP contribution in [0.25, 0.3) is 33.4 Å². The van der Waals surface area contributed by atoms with Gasteiger partial charge in [0.25, 0.3) is 0 Å². The second kappa shape index (κ2) is 26.4. The zero-order valence-electron chi connectivity index (χ0n) is 52.3. The van der Waals surface area contributed by atoms with Crippen molar-refractivity contribution in [1.82, 2.24) is 0 Å². The lowest BCUT2D eigenvalue weighted by Crippen LogP contribution is -2.74. The van der Waals surface area contributed by atoms with Crippen molar-refractivity contribution in [3.8, 4) is 33.4 Å². The maximum atomic E-state index is 2.39. The molecule has 0 aromatic heterocycles. The van der Waals surface area contributed by atoms with E-state index in [4.69, 9.17) is 0 Å². The standard InChI is InChI=1S/C91H69NSi2/c1-10-28-76(29-11-1)91(77-30-12-2-13-31-77,78-32-14-3-15-33-78)79-58-46-70(47-59-79)71-48-60-80(61-49-71)92(81-62-50-72(51-63-81)74-54-66-89(67-55-74)93(83-34-16-4-17-35-83,84-36-18-5-19-37-84)85-38-20-6-21-39-85)82-64-52-73(53-65-82)75-56-68-90(69-57-75)94(86-40-22-7-23-41-86,87-42-24-8-25-43-87)88-44-26-9-27-45-88/h1-69H. The Morgan fingerprint density at radius 2 is 0.309 bits per heavy atom. The van der Waals surface area contributed by atoms with Crippen molar-refractivity contribution in [2.24, 2.45) is 0 Å². The molecule has 0 aliphatic rings. The van der Waals surface area contributed by atoms with Crippen molar-refractivity contribution < 1.29 is 0 Å². The first-order valence-corrected chi connectivity index (χ1v) is 36.5. The largest absolute Gasteiger partial charge is 0.311 e. The fourth-order valence-electron chi connectivity index (χ4n) is 14.8. The highest BCUT2D eigenvalue weighted by molar-refractivity contribution is 7.20. The maximum Gasteiger partial charge on any atom is 0.179 e. The van der Waals surface area contributed by atoms with Gasteiger partial charge in [-0.15, -0.1) is 0 Å². The van der Waals surface area contributed by atoms with E-state index in [0.717, 1.165) is 39.3 Å². The van der Waals surface area contributed by atoms with Gasteiger partial charge < -0.3 is 4.90 Å². The van der Waals surface area contributed by atoms with Crippen molar-refractivity contribution in [2.75, 3.05) is 4.90 Å². The molecule has 0 amide bonds. The van der Waals surface area contributed by atoms with Crippen LogP contribution in [-0.4, -0.2) is 16.1 Å². The smallest absolute Gasteiger partial charge is 0.179 e. The Balaban J connectivity index is 0.789. The summed E-state index contributed by atoms with van der Waals surface area (Å²) in [5.74, 6) is 0. The molecule has 0 saturated heterocycles. The first-order valence-electron chi connectivity index (χ1n) is 32.5. The summed E-state index contributed by atoms with van der Waals surface area (Å²) in [4.78, 5) is 2.39. The van der Waals surface area contributed by atoms with Gasteiger partial charge in [0, 0.05) is 17.1 Å². The summed E-state index contributed by atoms with van der Waals surface area (Å²) in [6.07, 6.45) is 0. The van der Waals surface area contributed by atoms with Crippen LogP contribution < -0.4 is 46.4 Å². The Labute approximate surface area is 555 Å². The highest BCUT2D eigenvalue weighted by atomic mass is 28.3. The average Bonchev–Trinajstić information content (AvgIpc) is 0.760. The molecule has 0 unspecified atom stereocenters. The molecule has 0 aliphatic heterocycles. The van der Waals surface area contributed by atoms with E-state index in [1.807, 2.05) is 0 Å². The molecule has 0 N–H and O–H groups in total. The Bertz CT molecular complexity index is 4090. The normalized spacial score (nSPS) is 11.6. The van der Waals surface area contributed by atoms with Crippen molar-refractivity contribution in [2.45, 2.75) is 5.41 Å². The van der Waals surface area contributed by atoms with Crippen molar-refractivity contribution in [3.63, 3.8) is 0 Å². The van der Waals surface area contributed by atoms with Crippen LogP contribution in [0.5, 0.6) is 0 Å². The molecule has 3 heteroatoms. The molecule has 15 aromatic carbocycles. The number of hydrogen-bond donors (Lipinski definition) is 0. The fraction of sp³-hybridized carbons (Fsp3) is 0.0110. The lowest BCUT2D eigenvalue weighted by molar-refractivity contribution is 0.745. The lowest BCUT2D eigenvalue weighted by atomic mass is 9.65. The molecule has 0 radical (unpaired) electrons. The van der Waals surface area contributed by atoms with E-state index in [9.17, 15) is 0 Å². The monoisotopic (exact) mass is 1230 g/mol. The highest BCUT2D eigenvalue weighted by Gasteiger charge is 2.43. The van der Waals surface area contributed by atoms with Crippen molar-refractivity contribution in [3.05, 3.63) is 441 Å². The third kappa shape index (κ3) is 10.9. The van der Waals surface area contributed by atoms with Crippen LogP contribution in [0.4, 0.5) is 17.1 Å². The van der Waals surface area contributed by atoms with Gasteiger partial charge in [-0.05, 0) is 134 Å². The molecular formula is C91H69NSi2. The molecule has 0 saturated carbocycles. The molecule has 94 heavy (non-hydrogen) atoms. The fourth-order valence-corrected chi connectivity index (χ4v) is 24.3. The Hall–Kier alpha value is -11.5. The van der Waals surface area contributed by atoms with Crippen LogP contribution in [0.1, 0.15) is 22.3 Å². The number of nitrogens with zero attached hydrogens (tertiary/aromatic N) is 1. The van der Waals surface area contributed by atoms with Gasteiger partial charge in [0.1, 0.15) is 0 Å². The van der Waals surface area contributed by atoms with E-state index in [2.05, 4.69) is 423 Å². The van der Waals surface area contributed by atoms with Gasteiger partial charge in [0.2, 0.25) is 0 Å². The third-order valence-electron chi connectivity index (χ3n) is 19.2. The Kier molecular flexibility index (Phi) is 16.5. The zero-order chi connectivity index (χ0) is 63.0. The first-order chi connectivity index (χ1) is 46.6. The van der Waals surface area contributed by atoms with Crippen LogP contribution in [0.3, 0.4) is 0 Å². The predicted molar refractivity (Wildman–Crippen MR) is 403 cm³/mol. The van der Waals surface area contributed by atoms with Crippen LogP contribution in [0, 0.1) is 0 Å². The number of rotatable bonds is 18. The van der Waals surface area contributed by atoms with Crippen LogP contribution >= 0.6 is 0 Å². The second-order valence-electron chi connectivity index (χ2n) is 24.3. The molecule has 0 atom stereocenters. The van der Waals surface area contributed by atoms with Gasteiger partial charge in [-0.3, -0.25) is 0 Å². The van der Waals surface area contributed by atoms with E-state index >= 15 is 0 Å². The van der Waals surface area contributed by atoms with E-state index in [-0.39, 0.29) is 0 Å². The van der Waals surface area contributed by atoms with Gasteiger partial charge in [-0.25, -0.2) is 0 Å². The quantitative estimate of drug-likeness (QED) is 0.0611. The van der Waals surface area contributed by atoms with E-state index in [1.165, 1.54) is 74.9 Å². The summed E-state index contributed by atoms with van der Waals surface area (Å²) in [6.45, 7) is 0. The van der Waals surface area contributed by atoms with E-state index < -0.39 is 21.6 Å². The molecule has 446 valence electrons. The lowest BCUT2D eigenvalue weighted by Gasteiger charge is -2.37. The Morgan fingerprint density at radius 3 is 0.521 bits per heavy atom. The summed E-state index contributed by atoms with van der Waals surface area (Å²) in [5, 5.41) is 10.9. The van der Waals surface area contributed by atoms with Gasteiger partial charge in [-0.2, -0.15) is 0 Å². The molecule has 0 bridgehead atoms. The molecular weight excluding hydrogens is 1160 g/mol. The third-order valence-corrected chi connectivity index (χ3v) is 28.8. The topological polar surface area (TPSA) is 3.24 Å². The average molecular weight is 1230 g/mol. The summed E-state index contributed by atoms with van der Waals surface area (Å²) < 4.78 is 0. The molecule has 0 fully saturated rings. The molecule has 15 rings (SSSR count). The number of benzene rings is 15. The van der Waals surface area contributed by atoms with Crippen molar-refractivity contribution >= 4 is 74.7 Å². The summed E-state index contributed by atoms with van der Waals surface area (Å²) in [7, 11) is -5.36. The van der Waals surface area contributed by atoms with Crippen LogP contribution in [0.2, 0.25) is 0 Å². The molecule has 1 nitrogen and oxygen atoms in total. The molecule has 0 aliphatic carbocycles. The minimum atomic E-state index is -2.68. The SMILES string of the molecule is c1ccc(C(c2ccccc2)(c2ccccc2)c2ccc(-c3ccc(N(c4ccc(-c5ccc([Si](c6ccccc6)(c6ccccc6)c6ccccc6)cc5)cc4)c4ccc(-c5ccc([Si](c6ccccc6)(c6ccccc6)c6ccccc6)cc5)cc4)cc3)cc2)cc1. The van der Waals surface area contributed by atoms with Gasteiger partial charge in [0.15, 0.2) is 16.1 Å². The Morgan fingerprint density at radius 1 is 0.149 bits per heavy atom. The van der Waals surface area contributed by atoms with Crippen LogP contribution in [-0.2, 0) is 5.41 Å². The summed E-state index contributed by atoms with van der Waals surface area (Å²) >= 11 is 0. The number of anilines is 3. The molecule has 0 heterocycles. The van der Waals surface area contributed by atoms with Gasteiger partial charge >= 0.3 is 0 Å². The molecule has 15 aromatic rings. The first kappa shape index (κ1) is 58.9. The molecule has 0 spiro atoms. The summed E-state index contributed by atoms with van der Waals surface area (Å²) in [6, 6.07) is 155. The number of hydrogen-bond acceptors (Lipinski definition) is 1.